The fourth-order valence-electron chi connectivity index (χ4n) is 3.83. The Bertz CT molecular complexity index is 1360. The fraction of sp³-hybridized carbons (Fsp3) is 0.192. The van der Waals surface area contributed by atoms with Crippen LogP contribution in [0, 0.1) is 0 Å². The molecule has 1 aliphatic rings. The van der Waals surface area contributed by atoms with Gasteiger partial charge in [0.15, 0.2) is 17.2 Å². The normalized spacial score (nSPS) is 12.2. The molecular weight excluding hydrogens is 503 g/mol. The highest BCUT2D eigenvalue weighted by Gasteiger charge is 2.19. The molecule has 0 unspecified atom stereocenters. The maximum absolute atomic E-state index is 12.6. The van der Waals surface area contributed by atoms with Crippen molar-refractivity contribution in [3.8, 4) is 11.5 Å². The van der Waals surface area contributed by atoms with Crippen LogP contribution < -0.4 is 14.8 Å². The van der Waals surface area contributed by atoms with Crippen LogP contribution >= 0.6 is 23.2 Å². The van der Waals surface area contributed by atoms with E-state index >= 15 is 0 Å². The highest BCUT2D eigenvalue weighted by Crippen LogP contribution is 2.33. The third-order valence-electron chi connectivity index (χ3n) is 5.59. The van der Waals surface area contributed by atoms with E-state index in [-0.39, 0.29) is 18.4 Å². The third-order valence-corrected chi connectivity index (χ3v) is 6.45. The van der Waals surface area contributed by atoms with E-state index in [0.717, 1.165) is 22.4 Å². The van der Waals surface area contributed by atoms with Crippen LogP contribution in [0.4, 0.5) is 0 Å². The van der Waals surface area contributed by atoms with E-state index in [1.807, 2.05) is 42.5 Å². The molecule has 1 amide bonds. The molecule has 3 heterocycles. The molecule has 4 aromatic rings. The molecule has 0 fully saturated rings. The number of carbonyl (C=O) groups is 1. The van der Waals surface area contributed by atoms with Gasteiger partial charge in [0.1, 0.15) is 6.26 Å². The Kier molecular flexibility index (Phi) is 7.36. The molecule has 0 saturated carbocycles. The number of carbonyl (C=O) groups excluding carboxylic acids is 1. The van der Waals surface area contributed by atoms with Crippen molar-refractivity contribution in [2.45, 2.75) is 26.2 Å². The highest BCUT2D eigenvalue weighted by atomic mass is 35.5. The quantitative estimate of drug-likeness (QED) is 0.320. The molecule has 2 aromatic heterocycles. The number of aromatic nitrogens is 2. The number of nitrogens with zero attached hydrogens (tertiary/aromatic N) is 3. The van der Waals surface area contributed by atoms with Crippen molar-refractivity contribution in [3.05, 3.63) is 106 Å². The van der Waals surface area contributed by atoms with Crippen molar-refractivity contribution in [3.63, 3.8) is 0 Å². The van der Waals surface area contributed by atoms with Crippen molar-refractivity contribution < 1.29 is 18.7 Å². The molecule has 2 aromatic carbocycles. The van der Waals surface area contributed by atoms with E-state index in [9.17, 15) is 4.79 Å². The van der Waals surface area contributed by atoms with Crippen molar-refractivity contribution in [1.29, 1.82) is 0 Å². The van der Waals surface area contributed by atoms with Crippen LogP contribution in [0.25, 0.3) is 0 Å². The molecule has 10 heteroatoms. The molecule has 8 nitrogen and oxygen atoms in total. The number of fused-ring (bicyclic) bond motifs is 1. The van der Waals surface area contributed by atoms with Crippen molar-refractivity contribution in [2.75, 3.05) is 6.79 Å². The zero-order valence-electron chi connectivity index (χ0n) is 19.1. The summed E-state index contributed by atoms with van der Waals surface area (Å²) in [5.41, 5.74) is 2.98. The second kappa shape index (κ2) is 11.0. The minimum absolute atomic E-state index is 0.206. The first-order chi connectivity index (χ1) is 17.5. The number of nitrogens with one attached hydrogen (secondary N) is 1. The van der Waals surface area contributed by atoms with Crippen LogP contribution in [-0.4, -0.2) is 27.6 Å². The van der Waals surface area contributed by atoms with E-state index in [2.05, 4.69) is 20.2 Å². The molecule has 0 radical (unpaired) electrons. The van der Waals surface area contributed by atoms with Crippen LogP contribution in [0.2, 0.25) is 10.0 Å². The average molecular weight is 525 g/mol. The lowest BCUT2D eigenvalue weighted by Gasteiger charge is -2.22. The van der Waals surface area contributed by atoms with Gasteiger partial charge < -0.3 is 19.2 Å². The summed E-state index contributed by atoms with van der Waals surface area (Å²) in [7, 11) is 0. The Morgan fingerprint density at radius 3 is 2.75 bits per heavy atom. The summed E-state index contributed by atoms with van der Waals surface area (Å²) in [6.07, 6.45) is 4.74. The number of amides is 1. The Morgan fingerprint density at radius 1 is 1.00 bits per heavy atom. The standard InChI is InChI=1S/C26H22Cl2N4O4/c27-20-5-1-4-19(25(20)28)13-32(12-17-6-7-22-23(9-17)36-16-35-22)14-24-31-21(15-34-24)26(33)30-11-18-3-2-8-29-10-18/h1-10,15H,11-14,16H2,(H,30,33). The van der Waals surface area contributed by atoms with Crippen molar-refractivity contribution in [2.24, 2.45) is 0 Å². The van der Waals surface area contributed by atoms with Gasteiger partial charge in [-0.3, -0.25) is 14.7 Å². The van der Waals surface area contributed by atoms with E-state index in [1.54, 1.807) is 18.5 Å². The minimum Gasteiger partial charge on any atom is -0.454 e. The van der Waals surface area contributed by atoms with Crippen LogP contribution in [0.3, 0.4) is 0 Å². The summed E-state index contributed by atoms with van der Waals surface area (Å²) >= 11 is 12.7. The predicted octanol–water partition coefficient (Wildman–Crippen LogP) is 5.24. The fourth-order valence-corrected chi connectivity index (χ4v) is 4.21. The van der Waals surface area contributed by atoms with Gasteiger partial charge in [-0.1, -0.05) is 47.5 Å². The number of pyridine rings is 1. The second-order valence-electron chi connectivity index (χ2n) is 8.22. The lowest BCUT2D eigenvalue weighted by atomic mass is 10.1. The summed E-state index contributed by atoms with van der Waals surface area (Å²) in [5, 5.41) is 3.81. The maximum Gasteiger partial charge on any atom is 0.273 e. The number of benzene rings is 2. The number of rotatable bonds is 9. The zero-order chi connectivity index (χ0) is 24.9. The van der Waals surface area contributed by atoms with Gasteiger partial charge in [0.25, 0.3) is 5.91 Å². The average Bonchev–Trinajstić information content (AvgIpc) is 3.55. The summed E-state index contributed by atoms with van der Waals surface area (Å²) in [4.78, 5) is 23.1. The Labute approximate surface area is 217 Å². The summed E-state index contributed by atoms with van der Waals surface area (Å²) in [5.74, 6) is 1.50. The number of hydrogen-bond donors (Lipinski definition) is 1. The van der Waals surface area contributed by atoms with E-state index < -0.39 is 0 Å². The Morgan fingerprint density at radius 2 is 1.89 bits per heavy atom. The van der Waals surface area contributed by atoms with Crippen LogP contribution in [-0.2, 0) is 26.2 Å². The molecule has 0 spiro atoms. The summed E-state index contributed by atoms with van der Waals surface area (Å²) in [6, 6.07) is 15.0. The third kappa shape index (κ3) is 5.79. The van der Waals surface area contributed by atoms with Gasteiger partial charge in [-0.05, 0) is 41.0 Å². The molecule has 184 valence electrons. The zero-order valence-corrected chi connectivity index (χ0v) is 20.6. The molecule has 0 saturated heterocycles. The van der Waals surface area contributed by atoms with E-state index in [1.165, 1.54) is 6.26 Å². The first-order valence-corrected chi connectivity index (χ1v) is 12.0. The smallest absolute Gasteiger partial charge is 0.273 e. The lowest BCUT2D eigenvalue weighted by Crippen LogP contribution is -2.24. The van der Waals surface area contributed by atoms with Gasteiger partial charge in [0.05, 0.1) is 16.6 Å². The largest absolute Gasteiger partial charge is 0.454 e. The van der Waals surface area contributed by atoms with Gasteiger partial charge in [0.2, 0.25) is 12.7 Å². The first-order valence-electron chi connectivity index (χ1n) is 11.2. The molecular formula is C26H22Cl2N4O4. The predicted molar refractivity (Wildman–Crippen MR) is 134 cm³/mol. The molecule has 1 N–H and O–H groups in total. The SMILES string of the molecule is O=C(NCc1cccnc1)c1coc(CN(Cc2ccc3c(c2)OCO3)Cc2cccc(Cl)c2Cl)n1. The Hall–Kier alpha value is -3.59. The van der Waals surface area contributed by atoms with Crippen LogP contribution in [0.15, 0.2) is 71.6 Å². The monoisotopic (exact) mass is 524 g/mol. The number of halogens is 2. The van der Waals surface area contributed by atoms with Crippen molar-refractivity contribution >= 4 is 29.1 Å². The number of hydrogen-bond acceptors (Lipinski definition) is 7. The topological polar surface area (TPSA) is 89.7 Å². The van der Waals surface area contributed by atoms with Crippen LogP contribution in [0.1, 0.15) is 33.1 Å². The van der Waals surface area contributed by atoms with Gasteiger partial charge in [-0.15, -0.1) is 0 Å². The first kappa shape index (κ1) is 24.1. The van der Waals surface area contributed by atoms with E-state index in [4.69, 9.17) is 37.1 Å². The molecule has 36 heavy (non-hydrogen) atoms. The maximum atomic E-state index is 12.6. The Balaban J connectivity index is 1.31. The molecule has 0 aliphatic carbocycles. The van der Waals surface area contributed by atoms with Crippen molar-refractivity contribution in [1.82, 2.24) is 20.2 Å². The van der Waals surface area contributed by atoms with E-state index in [0.29, 0.717) is 47.9 Å². The summed E-state index contributed by atoms with van der Waals surface area (Å²) < 4.78 is 16.6. The van der Waals surface area contributed by atoms with Crippen LogP contribution in [0.5, 0.6) is 11.5 Å². The molecule has 1 aliphatic heterocycles. The van der Waals surface area contributed by atoms with Gasteiger partial charge in [-0.2, -0.15) is 0 Å². The molecule has 0 bridgehead atoms. The van der Waals surface area contributed by atoms with Gasteiger partial charge >= 0.3 is 0 Å². The molecule has 5 rings (SSSR count). The molecule has 0 atom stereocenters. The number of oxazole rings is 1. The highest BCUT2D eigenvalue weighted by molar-refractivity contribution is 6.42. The van der Waals surface area contributed by atoms with Gasteiger partial charge in [-0.25, -0.2) is 4.98 Å². The number of ether oxygens (including phenoxy) is 2. The lowest BCUT2D eigenvalue weighted by molar-refractivity contribution is 0.0945. The van der Waals surface area contributed by atoms with Gasteiger partial charge in [0, 0.05) is 32.0 Å². The minimum atomic E-state index is -0.325. The summed E-state index contributed by atoms with van der Waals surface area (Å²) in [6.45, 7) is 1.93. The second-order valence-corrected chi connectivity index (χ2v) is 9.00.